The van der Waals surface area contributed by atoms with Crippen LogP contribution in [0.4, 0.5) is 0 Å². The maximum atomic E-state index is 6.20. The smallest absolute Gasteiger partial charge is 0.231 e. The van der Waals surface area contributed by atoms with E-state index in [1.54, 1.807) is 0 Å². The van der Waals surface area contributed by atoms with E-state index in [2.05, 4.69) is 25.2 Å². The number of nitrogens with one attached hydrogen (secondary N) is 1. The summed E-state index contributed by atoms with van der Waals surface area (Å²) >= 11 is 6.20. The molecule has 1 aliphatic heterocycles. The highest BCUT2D eigenvalue weighted by Gasteiger charge is 2.39. The van der Waals surface area contributed by atoms with Crippen molar-refractivity contribution in [3.05, 3.63) is 22.7 Å². The molecule has 3 rings (SSSR count). The predicted molar refractivity (Wildman–Crippen MR) is 71.6 cm³/mol. The number of benzene rings is 1. The number of ether oxygens (including phenoxy) is 2. The van der Waals surface area contributed by atoms with Crippen LogP contribution < -0.4 is 14.8 Å². The zero-order chi connectivity index (χ0) is 12.7. The van der Waals surface area contributed by atoms with E-state index in [4.69, 9.17) is 21.1 Å². The molecule has 0 aromatic heterocycles. The molecule has 2 atom stereocenters. The van der Waals surface area contributed by atoms with E-state index in [1.165, 1.54) is 12.0 Å². The highest BCUT2D eigenvalue weighted by atomic mass is 35.5. The van der Waals surface area contributed by atoms with Crippen LogP contribution in [-0.2, 0) is 0 Å². The molecule has 0 radical (unpaired) electrons. The van der Waals surface area contributed by atoms with E-state index in [9.17, 15) is 0 Å². The highest BCUT2D eigenvalue weighted by Crippen LogP contribution is 2.51. The fourth-order valence-corrected chi connectivity index (χ4v) is 2.74. The molecular formula is C14H18ClNO2. The molecule has 2 unspecified atom stereocenters. The second-order valence-electron chi connectivity index (χ2n) is 5.40. The molecule has 0 amide bonds. The molecule has 4 heteroatoms. The molecular weight excluding hydrogens is 250 g/mol. The van der Waals surface area contributed by atoms with E-state index < -0.39 is 0 Å². The van der Waals surface area contributed by atoms with Gasteiger partial charge in [-0.15, -0.1) is 0 Å². The summed E-state index contributed by atoms with van der Waals surface area (Å²) < 4.78 is 10.7. The van der Waals surface area contributed by atoms with Crippen molar-refractivity contribution in [2.24, 2.45) is 5.92 Å². The Labute approximate surface area is 112 Å². The van der Waals surface area contributed by atoms with Crippen molar-refractivity contribution in [3.63, 3.8) is 0 Å². The van der Waals surface area contributed by atoms with Crippen LogP contribution in [-0.4, -0.2) is 19.4 Å². The first-order valence-corrected chi connectivity index (χ1v) is 6.85. The monoisotopic (exact) mass is 267 g/mol. The van der Waals surface area contributed by atoms with Crippen LogP contribution in [0, 0.1) is 5.92 Å². The van der Waals surface area contributed by atoms with E-state index in [-0.39, 0.29) is 6.79 Å². The molecule has 0 spiro atoms. The Morgan fingerprint density at radius 1 is 1.39 bits per heavy atom. The Balaban J connectivity index is 1.70. The van der Waals surface area contributed by atoms with Gasteiger partial charge in [-0.1, -0.05) is 25.4 Å². The van der Waals surface area contributed by atoms with Crippen molar-refractivity contribution in [1.82, 2.24) is 5.32 Å². The predicted octanol–water partition coefficient (Wildman–Crippen LogP) is 3.17. The molecule has 1 aliphatic carbocycles. The third kappa shape index (κ3) is 2.29. The van der Waals surface area contributed by atoms with Crippen molar-refractivity contribution in [2.45, 2.75) is 32.2 Å². The number of hydrogen-bond acceptors (Lipinski definition) is 3. The highest BCUT2D eigenvalue weighted by molar-refractivity contribution is 6.32. The summed E-state index contributed by atoms with van der Waals surface area (Å²) in [5.41, 5.74) is 1.28. The van der Waals surface area contributed by atoms with Crippen LogP contribution >= 0.6 is 11.6 Å². The van der Waals surface area contributed by atoms with E-state index in [0.717, 1.165) is 18.2 Å². The zero-order valence-corrected chi connectivity index (χ0v) is 11.5. The average Bonchev–Trinajstić information content (AvgIpc) is 2.94. The molecule has 0 saturated heterocycles. The van der Waals surface area contributed by atoms with Crippen molar-refractivity contribution < 1.29 is 9.47 Å². The van der Waals surface area contributed by atoms with Crippen LogP contribution in [0.1, 0.15) is 31.7 Å². The maximum Gasteiger partial charge on any atom is 0.231 e. The lowest BCUT2D eigenvalue weighted by Crippen LogP contribution is -2.25. The fraction of sp³-hybridized carbons (Fsp3) is 0.571. The number of halogens is 1. The molecule has 98 valence electrons. The quantitative estimate of drug-likeness (QED) is 0.909. The minimum absolute atomic E-state index is 0.279. The Morgan fingerprint density at radius 3 is 3.00 bits per heavy atom. The van der Waals surface area contributed by atoms with Gasteiger partial charge in [-0.25, -0.2) is 0 Å². The second kappa shape index (κ2) is 4.63. The Hall–Kier alpha value is -0.930. The Bertz CT molecular complexity index is 461. The van der Waals surface area contributed by atoms with E-state index in [0.29, 0.717) is 22.7 Å². The van der Waals surface area contributed by atoms with Gasteiger partial charge >= 0.3 is 0 Å². The molecule has 1 heterocycles. The van der Waals surface area contributed by atoms with Gasteiger partial charge in [0.1, 0.15) is 0 Å². The summed E-state index contributed by atoms with van der Waals surface area (Å²) in [5.74, 6) is 2.82. The van der Waals surface area contributed by atoms with E-state index in [1.807, 2.05) is 6.07 Å². The van der Waals surface area contributed by atoms with Gasteiger partial charge in [0.25, 0.3) is 0 Å². The second-order valence-corrected chi connectivity index (χ2v) is 5.81. The molecule has 3 nitrogen and oxygen atoms in total. The van der Waals surface area contributed by atoms with Crippen LogP contribution in [0.3, 0.4) is 0 Å². The topological polar surface area (TPSA) is 30.5 Å². The normalized spacial score (nSPS) is 24.7. The number of hydrogen-bond donors (Lipinski definition) is 1. The fourth-order valence-electron chi connectivity index (χ4n) is 2.47. The molecule has 18 heavy (non-hydrogen) atoms. The minimum Gasteiger partial charge on any atom is -0.454 e. The largest absolute Gasteiger partial charge is 0.454 e. The SMILES string of the molecule is CC(C)NCC1CC1c1cc(Cl)c2c(c1)OCO2. The van der Waals surface area contributed by atoms with Crippen molar-refractivity contribution in [3.8, 4) is 11.5 Å². The summed E-state index contributed by atoms with van der Waals surface area (Å²) in [5, 5.41) is 4.15. The zero-order valence-electron chi connectivity index (χ0n) is 10.7. The lowest BCUT2D eigenvalue weighted by atomic mass is 10.1. The van der Waals surface area contributed by atoms with Crippen molar-refractivity contribution in [2.75, 3.05) is 13.3 Å². The molecule has 1 fully saturated rings. The van der Waals surface area contributed by atoms with Gasteiger partial charge < -0.3 is 14.8 Å². The molecule has 0 bridgehead atoms. The van der Waals surface area contributed by atoms with Crippen molar-refractivity contribution in [1.29, 1.82) is 0 Å². The molecule has 1 aromatic rings. The van der Waals surface area contributed by atoms with Crippen molar-refractivity contribution >= 4 is 11.6 Å². The number of rotatable bonds is 4. The number of fused-ring (bicyclic) bond motifs is 1. The summed E-state index contributed by atoms with van der Waals surface area (Å²) in [7, 11) is 0. The summed E-state index contributed by atoms with van der Waals surface area (Å²) in [6.07, 6.45) is 1.23. The Kier molecular flexibility index (Phi) is 3.12. The minimum atomic E-state index is 0.279. The third-order valence-corrected chi connectivity index (χ3v) is 3.87. The molecule has 1 saturated carbocycles. The standard InChI is InChI=1S/C14H18ClNO2/c1-8(2)16-6-10-3-11(10)9-4-12(15)14-13(5-9)17-7-18-14/h4-5,8,10-11,16H,3,6-7H2,1-2H3. The molecule has 1 aromatic carbocycles. The summed E-state index contributed by atoms with van der Waals surface area (Å²) in [4.78, 5) is 0. The first-order chi connectivity index (χ1) is 8.65. The summed E-state index contributed by atoms with van der Waals surface area (Å²) in [6.45, 7) is 5.71. The van der Waals surface area contributed by atoms with Gasteiger partial charge in [0.15, 0.2) is 11.5 Å². The summed E-state index contributed by atoms with van der Waals surface area (Å²) in [6, 6.07) is 4.65. The van der Waals surface area contributed by atoms with Crippen LogP contribution in [0.5, 0.6) is 11.5 Å². The van der Waals surface area contributed by atoms with Gasteiger partial charge in [0, 0.05) is 6.04 Å². The van der Waals surface area contributed by atoms with Crippen LogP contribution in [0.2, 0.25) is 5.02 Å². The van der Waals surface area contributed by atoms with E-state index >= 15 is 0 Å². The Morgan fingerprint density at radius 2 is 2.22 bits per heavy atom. The first-order valence-electron chi connectivity index (χ1n) is 6.47. The lowest BCUT2D eigenvalue weighted by molar-refractivity contribution is 0.174. The van der Waals surface area contributed by atoms with Gasteiger partial charge in [0.05, 0.1) is 5.02 Å². The molecule has 1 N–H and O–H groups in total. The van der Waals surface area contributed by atoms with Gasteiger partial charge in [-0.2, -0.15) is 0 Å². The van der Waals surface area contributed by atoms with Crippen LogP contribution in [0.15, 0.2) is 12.1 Å². The first kappa shape index (κ1) is 12.1. The van der Waals surface area contributed by atoms with Gasteiger partial charge in [-0.3, -0.25) is 0 Å². The van der Waals surface area contributed by atoms with Crippen LogP contribution in [0.25, 0.3) is 0 Å². The van der Waals surface area contributed by atoms with Gasteiger partial charge in [-0.05, 0) is 42.5 Å². The maximum absolute atomic E-state index is 6.20. The third-order valence-electron chi connectivity index (χ3n) is 3.59. The average molecular weight is 268 g/mol. The molecule has 2 aliphatic rings. The lowest BCUT2D eigenvalue weighted by Gasteiger charge is -2.08. The van der Waals surface area contributed by atoms with Gasteiger partial charge in [0.2, 0.25) is 6.79 Å².